The molecule has 0 spiro atoms. The van der Waals surface area contributed by atoms with Gasteiger partial charge < -0.3 is 5.73 Å². The van der Waals surface area contributed by atoms with Crippen LogP contribution in [-0.4, -0.2) is 14.9 Å². The summed E-state index contributed by atoms with van der Waals surface area (Å²) in [5, 5.41) is 0. The third-order valence-corrected chi connectivity index (χ3v) is 3.66. The summed E-state index contributed by atoms with van der Waals surface area (Å²) in [4.78, 5) is 3.49. The number of alkyl halides is 3. The van der Waals surface area contributed by atoms with Crippen molar-refractivity contribution in [1.82, 2.24) is 9.38 Å². The van der Waals surface area contributed by atoms with Crippen molar-refractivity contribution in [3.63, 3.8) is 0 Å². The Morgan fingerprint density at radius 3 is 2.68 bits per heavy atom. The smallest absolute Gasteiger partial charge is 0.325 e. The fraction of sp³-hybridized carbons (Fsp3) is 0.462. The van der Waals surface area contributed by atoms with Gasteiger partial charge in [0, 0.05) is 11.2 Å². The quantitative estimate of drug-likeness (QED) is 0.931. The molecule has 19 heavy (non-hydrogen) atoms. The fourth-order valence-corrected chi connectivity index (χ4v) is 2.30. The second kappa shape index (κ2) is 3.96. The SMILES string of the molecule is NC1(CCc2cccc3cnc(C(F)(F)F)n23)CC1. The maximum Gasteiger partial charge on any atom is 0.450 e. The number of imidazole rings is 1. The zero-order chi connectivity index (χ0) is 13.7. The van der Waals surface area contributed by atoms with Gasteiger partial charge in [0.25, 0.3) is 0 Å². The van der Waals surface area contributed by atoms with E-state index in [0.717, 1.165) is 12.8 Å². The van der Waals surface area contributed by atoms with Crippen molar-refractivity contribution in [1.29, 1.82) is 0 Å². The summed E-state index contributed by atoms with van der Waals surface area (Å²) in [5.41, 5.74) is 6.90. The van der Waals surface area contributed by atoms with Crippen LogP contribution in [-0.2, 0) is 12.6 Å². The van der Waals surface area contributed by atoms with Crippen LogP contribution in [0.1, 0.15) is 30.8 Å². The van der Waals surface area contributed by atoms with Gasteiger partial charge in [0.1, 0.15) is 0 Å². The number of rotatable bonds is 3. The van der Waals surface area contributed by atoms with E-state index in [4.69, 9.17) is 5.73 Å². The van der Waals surface area contributed by atoms with Gasteiger partial charge in [-0.25, -0.2) is 4.98 Å². The molecule has 3 rings (SSSR count). The molecule has 0 atom stereocenters. The number of aryl methyl sites for hydroxylation is 1. The molecular weight excluding hydrogens is 255 g/mol. The van der Waals surface area contributed by atoms with E-state index in [2.05, 4.69) is 4.98 Å². The minimum atomic E-state index is -4.44. The van der Waals surface area contributed by atoms with Crippen molar-refractivity contribution in [3.8, 4) is 0 Å². The third kappa shape index (κ3) is 2.32. The van der Waals surface area contributed by atoms with Crippen LogP contribution in [0.25, 0.3) is 5.52 Å². The normalized spacial score (nSPS) is 17.9. The van der Waals surface area contributed by atoms with E-state index in [1.54, 1.807) is 18.2 Å². The van der Waals surface area contributed by atoms with Crippen molar-refractivity contribution >= 4 is 5.52 Å². The molecule has 0 amide bonds. The van der Waals surface area contributed by atoms with E-state index < -0.39 is 12.0 Å². The lowest BCUT2D eigenvalue weighted by atomic mass is 10.1. The molecule has 2 aromatic heterocycles. The summed E-state index contributed by atoms with van der Waals surface area (Å²) in [6.07, 6.45) is -0.0307. The number of aromatic nitrogens is 2. The van der Waals surface area contributed by atoms with Crippen molar-refractivity contribution < 1.29 is 13.2 Å². The number of nitrogens with two attached hydrogens (primary N) is 1. The van der Waals surface area contributed by atoms with Gasteiger partial charge in [0.05, 0.1) is 11.7 Å². The molecule has 0 radical (unpaired) electrons. The Balaban J connectivity index is 2.00. The topological polar surface area (TPSA) is 43.3 Å². The lowest BCUT2D eigenvalue weighted by molar-refractivity contribution is -0.145. The van der Waals surface area contributed by atoms with E-state index >= 15 is 0 Å². The average molecular weight is 269 g/mol. The number of hydrogen-bond acceptors (Lipinski definition) is 2. The molecule has 0 unspecified atom stereocenters. The summed E-state index contributed by atoms with van der Waals surface area (Å²) < 4.78 is 39.9. The molecule has 102 valence electrons. The highest BCUT2D eigenvalue weighted by Crippen LogP contribution is 2.37. The molecule has 0 saturated heterocycles. The molecular formula is C13H14F3N3. The molecule has 1 aliphatic rings. The summed E-state index contributed by atoms with van der Waals surface area (Å²) in [6, 6.07) is 5.08. The van der Waals surface area contributed by atoms with Gasteiger partial charge in [-0.2, -0.15) is 13.2 Å². The predicted molar refractivity (Wildman–Crippen MR) is 64.7 cm³/mol. The van der Waals surface area contributed by atoms with Crippen LogP contribution < -0.4 is 5.73 Å². The van der Waals surface area contributed by atoms with Crippen molar-refractivity contribution in [2.24, 2.45) is 5.73 Å². The second-order valence-electron chi connectivity index (χ2n) is 5.22. The standard InChI is InChI=1S/C13H14F3N3/c14-13(15,16)11-18-8-10-3-1-2-9(19(10)11)4-5-12(17)6-7-12/h1-3,8H,4-7,17H2. The van der Waals surface area contributed by atoms with Gasteiger partial charge in [-0.15, -0.1) is 0 Å². The largest absolute Gasteiger partial charge is 0.450 e. The van der Waals surface area contributed by atoms with Crippen LogP contribution in [0.3, 0.4) is 0 Å². The van der Waals surface area contributed by atoms with E-state index in [1.807, 2.05) is 0 Å². The first kappa shape index (κ1) is 12.5. The highest BCUT2D eigenvalue weighted by Gasteiger charge is 2.39. The number of fused-ring (bicyclic) bond motifs is 1. The van der Waals surface area contributed by atoms with E-state index in [9.17, 15) is 13.2 Å². The second-order valence-corrected chi connectivity index (χ2v) is 5.22. The van der Waals surface area contributed by atoms with Crippen molar-refractivity contribution in [2.75, 3.05) is 0 Å². The van der Waals surface area contributed by atoms with Crippen LogP contribution in [0, 0.1) is 0 Å². The number of nitrogens with zero attached hydrogens (tertiary/aromatic N) is 2. The maximum atomic E-state index is 12.9. The average Bonchev–Trinajstić information content (AvgIpc) is 2.90. The Morgan fingerprint density at radius 1 is 1.32 bits per heavy atom. The molecule has 6 heteroatoms. The van der Waals surface area contributed by atoms with E-state index in [1.165, 1.54) is 10.6 Å². The molecule has 2 aromatic rings. The summed E-state index contributed by atoms with van der Waals surface area (Å²) >= 11 is 0. The Hall–Kier alpha value is -1.56. The van der Waals surface area contributed by atoms with Gasteiger partial charge in [0.15, 0.2) is 0 Å². The monoisotopic (exact) mass is 269 g/mol. The Morgan fingerprint density at radius 2 is 2.05 bits per heavy atom. The lowest BCUT2D eigenvalue weighted by Gasteiger charge is -2.13. The van der Waals surface area contributed by atoms with Gasteiger partial charge in [-0.05, 0) is 37.8 Å². The highest BCUT2D eigenvalue weighted by molar-refractivity contribution is 5.48. The summed E-state index contributed by atoms with van der Waals surface area (Å²) in [5.74, 6) is -0.861. The minimum Gasteiger partial charge on any atom is -0.325 e. The van der Waals surface area contributed by atoms with Crippen LogP contribution in [0.5, 0.6) is 0 Å². The molecule has 1 saturated carbocycles. The first-order valence-corrected chi connectivity index (χ1v) is 6.21. The van der Waals surface area contributed by atoms with Crippen LogP contribution in [0.4, 0.5) is 13.2 Å². The lowest BCUT2D eigenvalue weighted by Crippen LogP contribution is -2.23. The Kier molecular flexibility index (Phi) is 2.60. The molecule has 0 aromatic carbocycles. The van der Waals surface area contributed by atoms with Gasteiger partial charge in [0.2, 0.25) is 5.82 Å². The first-order chi connectivity index (χ1) is 8.89. The van der Waals surface area contributed by atoms with E-state index in [0.29, 0.717) is 24.1 Å². The van der Waals surface area contributed by atoms with Crippen LogP contribution >= 0.6 is 0 Å². The maximum absolute atomic E-state index is 12.9. The highest BCUT2D eigenvalue weighted by atomic mass is 19.4. The summed E-state index contributed by atoms with van der Waals surface area (Å²) in [6.45, 7) is 0. The number of hydrogen-bond donors (Lipinski definition) is 1. The fourth-order valence-electron chi connectivity index (χ4n) is 2.30. The van der Waals surface area contributed by atoms with Crippen molar-refractivity contribution in [3.05, 3.63) is 35.9 Å². The molecule has 1 fully saturated rings. The van der Waals surface area contributed by atoms with Gasteiger partial charge in [-0.1, -0.05) is 6.07 Å². The molecule has 2 heterocycles. The molecule has 1 aliphatic carbocycles. The van der Waals surface area contributed by atoms with Crippen LogP contribution in [0.15, 0.2) is 24.4 Å². The third-order valence-electron chi connectivity index (χ3n) is 3.66. The zero-order valence-electron chi connectivity index (χ0n) is 10.2. The van der Waals surface area contributed by atoms with Crippen LogP contribution in [0.2, 0.25) is 0 Å². The summed E-state index contributed by atoms with van der Waals surface area (Å²) in [7, 11) is 0. The van der Waals surface area contributed by atoms with Gasteiger partial charge in [-0.3, -0.25) is 4.40 Å². The zero-order valence-corrected chi connectivity index (χ0v) is 10.2. The Labute approximate surface area is 108 Å². The molecule has 2 N–H and O–H groups in total. The van der Waals surface area contributed by atoms with Gasteiger partial charge >= 0.3 is 6.18 Å². The minimum absolute atomic E-state index is 0.166. The van der Waals surface area contributed by atoms with Crippen molar-refractivity contribution in [2.45, 2.75) is 37.4 Å². The molecule has 3 nitrogen and oxygen atoms in total. The predicted octanol–water partition coefficient (Wildman–Crippen LogP) is 2.78. The number of pyridine rings is 1. The van der Waals surface area contributed by atoms with E-state index in [-0.39, 0.29) is 5.54 Å². The Bertz CT molecular complexity index is 611. The number of halogens is 3. The first-order valence-electron chi connectivity index (χ1n) is 6.21. The molecule has 0 aliphatic heterocycles. The molecule has 0 bridgehead atoms.